The fourth-order valence-electron chi connectivity index (χ4n) is 1.97. The molecule has 0 atom stereocenters. The average Bonchev–Trinajstić information content (AvgIpc) is 2.63. The molecule has 25 heavy (non-hydrogen) atoms. The molecule has 2 amide bonds. The number of carbonyl (C=O) groups excluding carboxylic acids is 2. The molecule has 0 bridgehead atoms. The van der Waals surface area contributed by atoms with Crippen LogP contribution in [-0.2, 0) is 9.59 Å². The van der Waals surface area contributed by atoms with Crippen LogP contribution in [0.25, 0.3) is 0 Å². The van der Waals surface area contributed by atoms with E-state index in [1.165, 1.54) is 6.21 Å². The molecule has 130 valence electrons. The molecule has 0 aliphatic carbocycles. The van der Waals surface area contributed by atoms with Crippen LogP contribution >= 0.6 is 0 Å². The number of carbonyl (C=O) groups is 2. The molecule has 2 aromatic carbocycles. The predicted molar refractivity (Wildman–Crippen MR) is 95.0 cm³/mol. The second-order valence-corrected chi connectivity index (χ2v) is 4.86. The number of amides is 2. The maximum atomic E-state index is 11.9. The van der Waals surface area contributed by atoms with Crippen molar-refractivity contribution in [3.8, 4) is 11.5 Å². The number of hydrogen-bond donors (Lipinski definition) is 2. The van der Waals surface area contributed by atoms with Gasteiger partial charge in [0.1, 0.15) is 11.5 Å². The summed E-state index contributed by atoms with van der Waals surface area (Å²) < 4.78 is 10.5. The summed E-state index contributed by atoms with van der Waals surface area (Å²) in [6.07, 6.45) is 1.42. The van der Waals surface area contributed by atoms with Gasteiger partial charge in [-0.25, -0.2) is 5.43 Å². The van der Waals surface area contributed by atoms with Gasteiger partial charge in [0.05, 0.1) is 25.6 Å². The molecule has 0 heterocycles. The Bertz CT molecular complexity index is 774. The lowest BCUT2D eigenvalue weighted by molar-refractivity contribution is -0.136. The summed E-state index contributed by atoms with van der Waals surface area (Å²) in [4.78, 5) is 23.8. The molecule has 7 heteroatoms. The summed E-state index contributed by atoms with van der Waals surface area (Å²) in [5, 5.41) is 6.26. The molecule has 0 aliphatic heterocycles. The number of hydrazone groups is 1. The SMILES string of the molecule is CCOc1ccccc1NC(=O)C(=O)N/N=C\c1cccc(OC)c1. The van der Waals surface area contributed by atoms with Crippen molar-refractivity contribution in [1.82, 2.24) is 5.43 Å². The zero-order valence-electron chi connectivity index (χ0n) is 14.0. The highest BCUT2D eigenvalue weighted by Gasteiger charge is 2.15. The van der Waals surface area contributed by atoms with Gasteiger partial charge < -0.3 is 14.8 Å². The van der Waals surface area contributed by atoms with E-state index in [1.54, 1.807) is 55.6 Å². The first-order valence-electron chi connectivity index (χ1n) is 7.64. The van der Waals surface area contributed by atoms with E-state index >= 15 is 0 Å². The van der Waals surface area contributed by atoms with E-state index in [-0.39, 0.29) is 0 Å². The molecule has 0 saturated carbocycles. The van der Waals surface area contributed by atoms with Crippen LogP contribution < -0.4 is 20.2 Å². The van der Waals surface area contributed by atoms with Crippen LogP contribution in [0.5, 0.6) is 11.5 Å². The van der Waals surface area contributed by atoms with Crippen molar-refractivity contribution < 1.29 is 19.1 Å². The van der Waals surface area contributed by atoms with Crippen LogP contribution in [0.3, 0.4) is 0 Å². The zero-order valence-corrected chi connectivity index (χ0v) is 14.0. The Hall–Kier alpha value is -3.35. The quantitative estimate of drug-likeness (QED) is 0.479. The van der Waals surface area contributed by atoms with E-state index in [1.807, 2.05) is 6.92 Å². The van der Waals surface area contributed by atoms with Crippen LogP contribution in [0.4, 0.5) is 5.69 Å². The Morgan fingerprint density at radius 1 is 1.12 bits per heavy atom. The Balaban J connectivity index is 1.94. The second kappa shape index (κ2) is 9.07. The molecule has 0 radical (unpaired) electrons. The fourth-order valence-corrected chi connectivity index (χ4v) is 1.97. The molecule has 0 fully saturated rings. The molecular formula is C18H19N3O4. The number of nitrogens with zero attached hydrogens (tertiary/aromatic N) is 1. The van der Waals surface area contributed by atoms with Gasteiger partial charge in [0.2, 0.25) is 0 Å². The van der Waals surface area contributed by atoms with E-state index in [0.717, 1.165) is 5.56 Å². The number of para-hydroxylation sites is 2. The number of methoxy groups -OCH3 is 1. The minimum atomic E-state index is -0.884. The number of hydrogen-bond acceptors (Lipinski definition) is 5. The van der Waals surface area contributed by atoms with Gasteiger partial charge in [0.25, 0.3) is 0 Å². The summed E-state index contributed by atoms with van der Waals surface area (Å²) in [5.41, 5.74) is 3.32. The lowest BCUT2D eigenvalue weighted by Crippen LogP contribution is -2.32. The number of anilines is 1. The van der Waals surface area contributed by atoms with Gasteiger partial charge in [-0.15, -0.1) is 0 Å². The smallest absolute Gasteiger partial charge is 0.329 e. The highest BCUT2D eigenvalue weighted by Crippen LogP contribution is 2.23. The van der Waals surface area contributed by atoms with Crippen LogP contribution in [0.1, 0.15) is 12.5 Å². The van der Waals surface area contributed by atoms with Crippen LogP contribution in [-0.4, -0.2) is 31.7 Å². The summed E-state index contributed by atoms with van der Waals surface area (Å²) >= 11 is 0. The van der Waals surface area contributed by atoms with Crippen molar-refractivity contribution in [2.24, 2.45) is 5.10 Å². The maximum Gasteiger partial charge on any atom is 0.329 e. The third-order valence-electron chi connectivity index (χ3n) is 3.11. The third-order valence-corrected chi connectivity index (χ3v) is 3.11. The monoisotopic (exact) mass is 341 g/mol. The van der Waals surface area contributed by atoms with Crippen LogP contribution in [0.2, 0.25) is 0 Å². The van der Waals surface area contributed by atoms with Gasteiger partial charge in [-0.1, -0.05) is 24.3 Å². The standard InChI is InChI=1S/C18H19N3O4/c1-3-25-16-10-5-4-9-15(16)20-17(22)18(23)21-19-12-13-7-6-8-14(11-13)24-2/h4-12H,3H2,1-2H3,(H,20,22)(H,21,23)/b19-12-. The van der Waals surface area contributed by atoms with Gasteiger partial charge in [0.15, 0.2) is 0 Å². The zero-order chi connectivity index (χ0) is 18.1. The van der Waals surface area contributed by atoms with Gasteiger partial charge in [-0.05, 0) is 36.8 Å². The average molecular weight is 341 g/mol. The highest BCUT2D eigenvalue weighted by atomic mass is 16.5. The summed E-state index contributed by atoms with van der Waals surface area (Å²) in [7, 11) is 1.56. The molecule has 0 spiro atoms. The van der Waals surface area contributed by atoms with Crippen molar-refractivity contribution >= 4 is 23.7 Å². The summed E-state index contributed by atoms with van der Waals surface area (Å²) in [6, 6.07) is 14.0. The molecule has 0 aliphatic rings. The topological polar surface area (TPSA) is 89.0 Å². The van der Waals surface area contributed by atoms with Crippen molar-refractivity contribution in [2.45, 2.75) is 6.92 Å². The number of rotatable bonds is 6. The normalized spacial score (nSPS) is 10.3. The molecule has 0 unspecified atom stereocenters. The maximum absolute atomic E-state index is 11.9. The first-order chi connectivity index (χ1) is 12.1. The van der Waals surface area contributed by atoms with Crippen molar-refractivity contribution in [3.63, 3.8) is 0 Å². The Kier molecular flexibility index (Phi) is 6.53. The largest absolute Gasteiger partial charge is 0.497 e. The molecule has 0 aromatic heterocycles. The Labute approximate surface area is 145 Å². The lowest BCUT2D eigenvalue weighted by Gasteiger charge is -2.10. The lowest BCUT2D eigenvalue weighted by atomic mass is 10.2. The van der Waals surface area contributed by atoms with Crippen molar-refractivity contribution in [1.29, 1.82) is 0 Å². The number of ether oxygens (including phenoxy) is 2. The van der Waals surface area contributed by atoms with Crippen LogP contribution in [0, 0.1) is 0 Å². The third kappa shape index (κ3) is 5.35. The van der Waals surface area contributed by atoms with E-state index in [0.29, 0.717) is 23.8 Å². The first-order valence-corrected chi connectivity index (χ1v) is 7.64. The molecular weight excluding hydrogens is 322 g/mol. The molecule has 2 rings (SSSR count). The van der Waals surface area contributed by atoms with Gasteiger partial charge in [0, 0.05) is 0 Å². The van der Waals surface area contributed by atoms with E-state index < -0.39 is 11.8 Å². The summed E-state index contributed by atoms with van der Waals surface area (Å²) in [5.74, 6) is -0.563. The van der Waals surface area contributed by atoms with Crippen molar-refractivity contribution in [3.05, 3.63) is 54.1 Å². The highest BCUT2D eigenvalue weighted by molar-refractivity contribution is 6.39. The van der Waals surface area contributed by atoms with Gasteiger partial charge in [-0.2, -0.15) is 5.10 Å². The Morgan fingerprint density at radius 3 is 2.68 bits per heavy atom. The van der Waals surface area contributed by atoms with Crippen molar-refractivity contribution in [2.75, 3.05) is 19.0 Å². The first kappa shape index (κ1) is 18.0. The minimum absolute atomic E-state index is 0.418. The predicted octanol–water partition coefficient (Wildman–Crippen LogP) is 2.18. The molecule has 0 saturated heterocycles. The van der Waals surface area contributed by atoms with E-state index in [2.05, 4.69) is 15.8 Å². The van der Waals surface area contributed by atoms with E-state index in [4.69, 9.17) is 9.47 Å². The number of benzene rings is 2. The number of nitrogens with one attached hydrogen (secondary N) is 2. The molecule has 2 aromatic rings. The second-order valence-electron chi connectivity index (χ2n) is 4.86. The van der Waals surface area contributed by atoms with Gasteiger partial charge in [-0.3, -0.25) is 9.59 Å². The molecule has 2 N–H and O–H groups in total. The van der Waals surface area contributed by atoms with E-state index in [9.17, 15) is 9.59 Å². The Morgan fingerprint density at radius 2 is 1.92 bits per heavy atom. The van der Waals surface area contributed by atoms with Crippen LogP contribution in [0.15, 0.2) is 53.6 Å². The summed E-state index contributed by atoms with van der Waals surface area (Å²) in [6.45, 7) is 2.28. The molecule has 7 nitrogen and oxygen atoms in total. The van der Waals surface area contributed by atoms with Gasteiger partial charge >= 0.3 is 11.8 Å². The fraction of sp³-hybridized carbons (Fsp3) is 0.167. The minimum Gasteiger partial charge on any atom is -0.497 e.